The third-order valence-corrected chi connectivity index (χ3v) is 4.91. The molecule has 0 bridgehead atoms. The van der Waals surface area contributed by atoms with Gasteiger partial charge in [-0.15, -0.1) is 0 Å². The van der Waals surface area contributed by atoms with E-state index in [1.54, 1.807) is 0 Å². The van der Waals surface area contributed by atoms with Crippen LogP contribution in [0, 0.1) is 11.8 Å². The van der Waals surface area contributed by atoms with Crippen LogP contribution in [0.2, 0.25) is 0 Å². The first-order valence-electron chi connectivity index (χ1n) is 11.6. The zero-order chi connectivity index (χ0) is 20.0. The first-order chi connectivity index (χ1) is 13.2. The van der Waals surface area contributed by atoms with Gasteiger partial charge < -0.3 is 5.32 Å². The van der Waals surface area contributed by atoms with Crippen LogP contribution < -0.4 is 5.32 Å². The molecule has 0 aromatic rings. The van der Waals surface area contributed by atoms with Gasteiger partial charge in [0.15, 0.2) is 0 Å². The summed E-state index contributed by atoms with van der Waals surface area (Å²) in [7, 11) is 0. The van der Waals surface area contributed by atoms with Gasteiger partial charge in [-0.25, -0.2) is 0 Å². The van der Waals surface area contributed by atoms with Gasteiger partial charge in [-0.1, -0.05) is 96.5 Å². The summed E-state index contributed by atoms with van der Waals surface area (Å²) in [5.41, 5.74) is 1.10. The molecule has 0 aromatic carbocycles. The van der Waals surface area contributed by atoms with Gasteiger partial charge in [0, 0.05) is 19.4 Å². The van der Waals surface area contributed by atoms with Gasteiger partial charge in [0.2, 0.25) is 5.91 Å². The van der Waals surface area contributed by atoms with E-state index in [9.17, 15) is 4.79 Å². The average Bonchev–Trinajstić information content (AvgIpc) is 2.66. The largest absolute Gasteiger partial charge is 0.356 e. The van der Waals surface area contributed by atoms with Crippen molar-refractivity contribution in [3.05, 3.63) is 12.2 Å². The Balaban J connectivity index is 3.37. The maximum atomic E-state index is 11.7. The molecule has 0 radical (unpaired) electrons. The van der Waals surface area contributed by atoms with Gasteiger partial charge in [0.05, 0.1) is 0 Å². The van der Waals surface area contributed by atoms with E-state index in [-0.39, 0.29) is 5.91 Å². The molecule has 0 spiro atoms. The standard InChI is InChI=1S/C25H45NO/c1-4-6-8-13-16-20-24(3)21-17-14-11-10-12-15-18-22-25(27)26-23-19-9-7-5-2/h3-16,18-20,22-23H2,1-2H3,(H,26,27). The van der Waals surface area contributed by atoms with E-state index in [2.05, 4.69) is 37.6 Å². The van der Waals surface area contributed by atoms with Crippen LogP contribution in [-0.4, -0.2) is 12.5 Å². The van der Waals surface area contributed by atoms with E-state index in [0.29, 0.717) is 6.42 Å². The van der Waals surface area contributed by atoms with E-state index in [1.165, 1.54) is 70.6 Å². The van der Waals surface area contributed by atoms with Gasteiger partial charge in [-0.05, 0) is 37.7 Å². The SMILES string of the molecule is C=C(C#CCCCCCCCC(=O)NCCCCCC)CCCCCCC. The molecule has 156 valence electrons. The minimum atomic E-state index is 0.227. The van der Waals surface area contributed by atoms with Crippen molar-refractivity contribution in [3.63, 3.8) is 0 Å². The van der Waals surface area contributed by atoms with Crippen LogP contribution in [0.4, 0.5) is 0 Å². The first kappa shape index (κ1) is 25.8. The smallest absolute Gasteiger partial charge is 0.219 e. The summed E-state index contributed by atoms with van der Waals surface area (Å²) in [5, 5.41) is 3.03. The fourth-order valence-corrected chi connectivity index (χ4v) is 3.09. The first-order valence-corrected chi connectivity index (χ1v) is 11.6. The van der Waals surface area contributed by atoms with Crippen molar-refractivity contribution in [3.8, 4) is 11.8 Å². The molecular formula is C25H45NO. The number of allylic oxidation sites excluding steroid dienone is 1. The third kappa shape index (κ3) is 20.9. The number of hydrogen-bond acceptors (Lipinski definition) is 1. The maximum Gasteiger partial charge on any atom is 0.219 e. The number of unbranched alkanes of at least 4 members (excludes halogenated alkanes) is 12. The highest BCUT2D eigenvalue weighted by atomic mass is 16.1. The van der Waals surface area contributed by atoms with Crippen LogP contribution in [0.25, 0.3) is 0 Å². The molecule has 1 amide bonds. The number of carbonyl (C=O) groups is 1. The van der Waals surface area contributed by atoms with Crippen LogP contribution >= 0.6 is 0 Å². The number of hydrogen-bond donors (Lipinski definition) is 1. The number of carbonyl (C=O) groups excluding carboxylic acids is 1. The lowest BCUT2D eigenvalue weighted by molar-refractivity contribution is -0.121. The molecule has 0 heterocycles. The summed E-state index contributed by atoms with van der Waals surface area (Å²) in [5.74, 6) is 6.72. The second-order valence-electron chi connectivity index (χ2n) is 7.75. The predicted octanol–water partition coefficient (Wildman–Crippen LogP) is 7.33. The highest BCUT2D eigenvalue weighted by molar-refractivity contribution is 5.75. The second-order valence-corrected chi connectivity index (χ2v) is 7.75. The van der Waals surface area contributed by atoms with Gasteiger partial charge in [0.25, 0.3) is 0 Å². The lowest BCUT2D eigenvalue weighted by Crippen LogP contribution is -2.23. The molecule has 27 heavy (non-hydrogen) atoms. The lowest BCUT2D eigenvalue weighted by Gasteiger charge is -2.05. The van der Waals surface area contributed by atoms with Crippen LogP contribution in [0.1, 0.15) is 123 Å². The normalized spacial score (nSPS) is 10.3. The van der Waals surface area contributed by atoms with Gasteiger partial charge in [0.1, 0.15) is 0 Å². The third-order valence-electron chi connectivity index (χ3n) is 4.91. The van der Waals surface area contributed by atoms with Crippen LogP contribution in [0.15, 0.2) is 12.2 Å². The maximum absolute atomic E-state index is 11.7. The van der Waals surface area contributed by atoms with Crippen molar-refractivity contribution in [1.29, 1.82) is 0 Å². The Morgan fingerprint density at radius 3 is 2.00 bits per heavy atom. The molecule has 0 aliphatic carbocycles. The number of rotatable bonds is 18. The summed E-state index contributed by atoms with van der Waals surface area (Å²) in [6.45, 7) is 9.37. The summed E-state index contributed by atoms with van der Waals surface area (Å²) in [4.78, 5) is 11.7. The molecular weight excluding hydrogens is 330 g/mol. The fraction of sp³-hybridized carbons (Fsp3) is 0.800. The molecule has 0 aliphatic heterocycles. The summed E-state index contributed by atoms with van der Waals surface area (Å²) in [6, 6.07) is 0. The molecule has 0 saturated heterocycles. The molecule has 2 nitrogen and oxygen atoms in total. The number of amides is 1. The quantitative estimate of drug-likeness (QED) is 0.197. The Labute approximate surface area is 170 Å². The minimum absolute atomic E-state index is 0.227. The summed E-state index contributed by atoms with van der Waals surface area (Å²) in [6.07, 6.45) is 19.9. The fourth-order valence-electron chi connectivity index (χ4n) is 3.09. The van der Waals surface area contributed by atoms with Crippen molar-refractivity contribution in [2.24, 2.45) is 0 Å². The van der Waals surface area contributed by atoms with Crippen molar-refractivity contribution >= 4 is 5.91 Å². The molecule has 0 aliphatic rings. The van der Waals surface area contributed by atoms with Crippen molar-refractivity contribution in [1.82, 2.24) is 5.32 Å². The van der Waals surface area contributed by atoms with Gasteiger partial charge in [-0.3, -0.25) is 4.79 Å². The average molecular weight is 376 g/mol. The van der Waals surface area contributed by atoms with Crippen LogP contribution in [0.3, 0.4) is 0 Å². The highest BCUT2D eigenvalue weighted by Crippen LogP contribution is 2.10. The Morgan fingerprint density at radius 2 is 1.30 bits per heavy atom. The Morgan fingerprint density at radius 1 is 0.741 bits per heavy atom. The van der Waals surface area contributed by atoms with E-state index in [0.717, 1.165) is 44.2 Å². The van der Waals surface area contributed by atoms with E-state index < -0.39 is 0 Å². The summed E-state index contributed by atoms with van der Waals surface area (Å²) >= 11 is 0. The van der Waals surface area contributed by atoms with Gasteiger partial charge in [-0.2, -0.15) is 0 Å². The monoisotopic (exact) mass is 375 g/mol. The van der Waals surface area contributed by atoms with E-state index in [1.807, 2.05) is 0 Å². The Bertz CT molecular complexity index is 416. The van der Waals surface area contributed by atoms with Crippen LogP contribution in [0.5, 0.6) is 0 Å². The van der Waals surface area contributed by atoms with Crippen molar-refractivity contribution in [2.75, 3.05) is 6.54 Å². The van der Waals surface area contributed by atoms with Gasteiger partial charge >= 0.3 is 0 Å². The van der Waals surface area contributed by atoms with Crippen molar-refractivity contribution < 1.29 is 4.79 Å². The predicted molar refractivity (Wildman–Crippen MR) is 120 cm³/mol. The zero-order valence-electron chi connectivity index (χ0n) is 18.3. The highest BCUT2D eigenvalue weighted by Gasteiger charge is 2.00. The second kappa shape index (κ2) is 21.1. The molecule has 0 atom stereocenters. The number of nitrogens with one attached hydrogen (secondary N) is 1. The molecule has 1 N–H and O–H groups in total. The topological polar surface area (TPSA) is 29.1 Å². The van der Waals surface area contributed by atoms with Crippen molar-refractivity contribution in [2.45, 2.75) is 123 Å². The molecule has 0 rings (SSSR count). The Kier molecular flexibility index (Phi) is 20.1. The Hall–Kier alpha value is -1.23. The molecule has 0 unspecified atom stereocenters. The van der Waals surface area contributed by atoms with E-state index >= 15 is 0 Å². The van der Waals surface area contributed by atoms with Crippen LogP contribution in [-0.2, 0) is 4.79 Å². The molecule has 0 aromatic heterocycles. The molecule has 0 fully saturated rings. The zero-order valence-corrected chi connectivity index (χ0v) is 18.3. The minimum Gasteiger partial charge on any atom is -0.356 e. The summed E-state index contributed by atoms with van der Waals surface area (Å²) < 4.78 is 0. The lowest BCUT2D eigenvalue weighted by atomic mass is 10.1. The molecule has 2 heteroatoms. The van der Waals surface area contributed by atoms with E-state index in [4.69, 9.17) is 0 Å². The molecule has 0 saturated carbocycles.